The maximum absolute atomic E-state index is 6.33. The summed E-state index contributed by atoms with van der Waals surface area (Å²) < 4.78 is 6.33. The van der Waals surface area contributed by atoms with E-state index in [1.807, 2.05) is 54.6 Å². The molecule has 0 saturated heterocycles. The molecule has 0 radical (unpaired) electrons. The van der Waals surface area contributed by atoms with E-state index in [9.17, 15) is 0 Å². The lowest BCUT2D eigenvalue weighted by Crippen LogP contribution is -1.95. The molecule has 5 aromatic carbocycles. The number of nitrogens with zero attached hydrogens (tertiary/aromatic N) is 2. The summed E-state index contributed by atoms with van der Waals surface area (Å²) in [4.78, 5) is 10.1. The second-order valence-electron chi connectivity index (χ2n) is 8.64. The van der Waals surface area contributed by atoms with Crippen molar-refractivity contribution >= 4 is 32.8 Å². The fraction of sp³-hybridized carbons (Fsp3) is 0. The molecule has 0 aliphatic heterocycles. The van der Waals surface area contributed by atoms with E-state index in [4.69, 9.17) is 14.4 Å². The van der Waals surface area contributed by atoms with Crippen LogP contribution in [0.15, 0.2) is 126 Å². The van der Waals surface area contributed by atoms with Crippen LogP contribution >= 0.6 is 0 Å². The molecule has 2 heterocycles. The van der Waals surface area contributed by atoms with Crippen molar-refractivity contribution in [1.82, 2.24) is 9.97 Å². The van der Waals surface area contributed by atoms with Crippen molar-refractivity contribution in [1.29, 1.82) is 0 Å². The zero-order valence-corrected chi connectivity index (χ0v) is 18.8. The van der Waals surface area contributed by atoms with Crippen LogP contribution in [0.25, 0.3) is 66.6 Å². The summed E-state index contributed by atoms with van der Waals surface area (Å²) in [5.74, 6) is 0.688. The van der Waals surface area contributed by atoms with Gasteiger partial charge in [0.25, 0.3) is 0 Å². The average Bonchev–Trinajstić information content (AvgIpc) is 3.33. The Hall–Kier alpha value is -4.76. The monoisotopic (exact) mass is 448 g/mol. The van der Waals surface area contributed by atoms with Gasteiger partial charge in [0.1, 0.15) is 11.1 Å². The summed E-state index contributed by atoms with van der Waals surface area (Å²) in [5, 5.41) is 3.14. The molecule has 2 aromatic heterocycles. The molecule has 7 rings (SSSR count). The molecule has 0 aliphatic carbocycles. The molecule has 0 fully saturated rings. The first-order valence-electron chi connectivity index (χ1n) is 11.7. The van der Waals surface area contributed by atoms with E-state index in [-0.39, 0.29) is 0 Å². The van der Waals surface area contributed by atoms with Gasteiger partial charge in [-0.1, -0.05) is 103 Å². The molecule has 0 amide bonds. The van der Waals surface area contributed by atoms with Gasteiger partial charge in [-0.15, -0.1) is 0 Å². The minimum Gasteiger partial charge on any atom is -0.454 e. The highest BCUT2D eigenvalue weighted by Gasteiger charge is 2.17. The Morgan fingerprint density at radius 2 is 1.03 bits per heavy atom. The van der Waals surface area contributed by atoms with Crippen LogP contribution in [0.2, 0.25) is 0 Å². The number of para-hydroxylation sites is 1. The number of fused-ring (bicyclic) bond motifs is 5. The summed E-state index contributed by atoms with van der Waals surface area (Å²) in [7, 11) is 0. The minimum atomic E-state index is 0.688. The molecule has 7 aromatic rings. The third-order valence-corrected chi connectivity index (χ3v) is 6.51. The molecule has 3 heteroatoms. The van der Waals surface area contributed by atoms with Gasteiger partial charge in [0.2, 0.25) is 0 Å². The van der Waals surface area contributed by atoms with Crippen LogP contribution in [0.1, 0.15) is 0 Å². The van der Waals surface area contributed by atoms with Crippen LogP contribution < -0.4 is 0 Å². The molecule has 0 aliphatic rings. The van der Waals surface area contributed by atoms with Crippen LogP contribution in [0.3, 0.4) is 0 Å². The molecule has 3 nitrogen and oxygen atoms in total. The lowest BCUT2D eigenvalue weighted by atomic mass is 10.00. The maximum atomic E-state index is 6.33. The average molecular weight is 449 g/mol. The first-order chi connectivity index (χ1) is 17.3. The van der Waals surface area contributed by atoms with E-state index in [1.165, 1.54) is 11.1 Å². The summed E-state index contributed by atoms with van der Waals surface area (Å²) in [6.45, 7) is 0. The Balaban J connectivity index is 1.50. The lowest BCUT2D eigenvalue weighted by Gasteiger charge is -2.11. The third-order valence-electron chi connectivity index (χ3n) is 6.51. The fourth-order valence-corrected chi connectivity index (χ4v) is 4.76. The second-order valence-corrected chi connectivity index (χ2v) is 8.64. The van der Waals surface area contributed by atoms with Gasteiger partial charge in [0, 0.05) is 27.3 Å². The van der Waals surface area contributed by atoms with Gasteiger partial charge in [-0.25, -0.2) is 9.97 Å². The highest BCUT2D eigenvalue weighted by Crippen LogP contribution is 2.37. The van der Waals surface area contributed by atoms with E-state index in [1.54, 1.807) is 0 Å². The number of hydrogen-bond acceptors (Lipinski definition) is 3. The Morgan fingerprint density at radius 1 is 0.429 bits per heavy atom. The highest BCUT2D eigenvalue weighted by molar-refractivity contribution is 6.15. The number of benzene rings is 5. The Labute approximate surface area is 202 Å². The molecular formula is C32H20N2O. The van der Waals surface area contributed by atoms with Crippen molar-refractivity contribution in [3.05, 3.63) is 121 Å². The SMILES string of the molecule is c1ccc(-c2ccc(-c3nc(-c4ccccc4)nc4c3ccc3c5ccccc5oc34)cc2)cc1. The van der Waals surface area contributed by atoms with Crippen LogP contribution in [0, 0.1) is 0 Å². The molecule has 0 atom stereocenters. The van der Waals surface area contributed by atoms with Crippen LogP contribution in [-0.4, -0.2) is 9.97 Å². The van der Waals surface area contributed by atoms with Crippen molar-refractivity contribution in [2.45, 2.75) is 0 Å². The van der Waals surface area contributed by atoms with Crippen molar-refractivity contribution in [2.24, 2.45) is 0 Å². The first-order valence-corrected chi connectivity index (χ1v) is 11.7. The fourth-order valence-electron chi connectivity index (χ4n) is 4.76. The summed E-state index contributed by atoms with van der Waals surface area (Å²) in [6, 6.07) is 41.5. The van der Waals surface area contributed by atoms with E-state index in [0.29, 0.717) is 5.82 Å². The Morgan fingerprint density at radius 3 is 1.80 bits per heavy atom. The zero-order valence-electron chi connectivity index (χ0n) is 18.8. The molecular weight excluding hydrogens is 428 g/mol. The van der Waals surface area contributed by atoms with Gasteiger partial charge in [0.05, 0.1) is 5.69 Å². The summed E-state index contributed by atoms with van der Waals surface area (Å²) in [6.07, 6.45) is 0. The van der Waals surface area contributed by atoms with E-state index < -0.39 is 0 Å². The molecule has 0 bridgehead atoms. The quantitative estimate of drug-likeness (QED) is 0.272. The normalized spacial score (nSPS) is 11.4. The van der Waals surface area contributed by atoms with Crippen molar-refractivity contribution in [3.8, 4) is 33.8 Å². The lowest BCUT2D eigenvalue weighted by molar-refractivity contribution is 0.671. The number of aromatic nitrogens is 2. The molecule has 35 heavy (non-hydrogen) atoms. The minimum absolute atomic E-state index is 0.688. The van der Waals surface area contributed by atoms with Crippen molar-refractivity contribution < 1.29 is 4.42 Å². The summed E-state index contributed by atoms with van der Waals surface area (Å²) >= 11 is 0. The number of furan rings is 1. The van der Waals surface area contributed by atoms with Gasteiger partial charge in [0.15, 0.2) is 11.4 Å². The van der Waals surface area contributed by atoms with E-state index in [2.05, 4.69) is 66.7 Å². The largest absolute Gasteiger partial charge is 0.454 e. The molecule has 0 saturated carbocycles. The highest BCUT2D eigenvalue weighted by atomic mass is 16.3. The second kappa shape index (κ2) is 7.93. The predicted molar refractivity (Wildman–Crippen MR) is 143 cm³/mol. The van der Waals surface area contributed by atoms with Crippen molar-refractivity contribution in [2.75, 3.05) is 0 Å². The standard InChI is InChI=1S/C32H20N2O/c1-3-9-21(10-4-1)22-15-17-23(18-16-22)29-27-20-19-26-25-13-7-8-14-28(25)35-31(26)30(27)34-32(33-29)24-11-5-2-6-12-24/h1-20H. The number of hydrogen-bond donors (Lipinski definition) is 0. The Kier molecular flexibility index (Phi) is 4.46. The van der Waals surface area contributed by atoms with Gasteiger partial charge in [-0.3, -0.25) is 0 Å². The van der Waals surface area contributed by atoms with Gasteiger partial charge in [-0.05, 0) is 29.3 Å². The third kappa shape index (κ3) is 3.29. The van der Waals surface area contributed by atoms with E-state index in [0.717, 1.165) is 49.7 Å². The first kappa shape index (κ1) is 19.7. The Bertz CT molecular complexity index is 1820. The van der Waals surface area contributed by atoms with Gasteiger partial charge < -0.3 is 4.42 Å². The van der Waals surface area contributed by atoms with Crippen LogP contribution in [0.4, 0.5) is 0 Å². The van der Waals surface area contributed by atoms with E-state index >= 15 is 0 Å². The van der Waals surface area contributed by atoms with Crippen LogP contribution in [0.5, 0.6) is 0 Å². The molecule has 164 valence electrons. The maximum Gasteiger partial charge on any atom is 0.161 e. The van der Waals surface area contributed by atoms with Gasteiger partial charge in [-0.2, -0.15) is 0 Å². The molecule has 0 spiro atoms. The number of rotatable bonds is 3. The molecule has 0 unspecified atom stereocenters. The zero-order chi connectivity index (χ0) is 23.2. The van der Waals surface area contributed by atoms with Crippen molar-refractivity contribution in [3.63, 3.8) is 0 Å². The summed E-state index contributed by atoms with van der Waals surface area (Å²) in [5.41, 5.74) is 7.78. The topological polar surface area (TPSA) is 38.9 Å². The van der Waals surface area contributed by atoms with Gasteiger partial charge >= 0.3 is 0 Å². The predicted octanol–water partition coefficient (Wildman–Crippen LogP) is 8.53. The molecule has 0 N–H and O–H groups in total. The smallest absolute Gasteiger partial charge is 0.161 e. The van der Waals surface area contributed by atoms with Crippen LogP contribution in [-0.2, 0) is 0 Å².